The minimum atomic E-state index is -4.54. The summed E-state index contributed by atoms with van der Waals surface area (Å²) in [5, 5.41) is 2.14. The van der Waals surface area contributed by atoms with Crippen LogP contribution in [0.5, 0.6) is 0 Å². The van der Waals surface area contributed by atoms with E-state index in [1.165, 1.54) is 15.9 Å². The number of benzene rings is 1. The number of anilines is 1. The van der Waals surface area contributed by atoms with Crippen LogP contribution < -0.4 is 15.1 Å². The van der Waals surface area contributed by atoms with Gasteiger partial charge in [0.05, 0.1) is 30.6 Å². The van der Waals surface area contributed by atoms with Gasteiger partial charge in [-0.05, 0) is 18.2 Å². The maximum Gasteiger partial charge on any atom is 0.417 e. The van der Waals surface area contributed by atoms with Crippen molar-refractivity contribution in [2.45, 2.75) is 12.6 Å². The van der Waals surface area contributed by atoms with Gasteiger partial charge in [-0.15, -0.1) is 0 Å². The third-order valence-electron chi connectivity index (χ3n) is 4.07. The smallest absolute Gasteiger partial charge is 0.328 e. The van der Waals surface area contributed by atoms with Crippen LogP contribution in [-0.2, 0) is 11.0 Å². The summed E-state index contributed by atoms with van der Waals surface area (Å²) in [6.07, 6.45) is -4.25. The number of hydrogen-bond donors (Lipinski definition) is 3. The summed E-state index contributed by atoms with van der Waals surface area (Å²) >= 11 is 5.55. The molecule has 23 heavy (non-hydrogen) atoms. The molecule has 3 N–H and O–H groups in total. The Balaban J connectivity index is 1.88. The fourth-order valence-corrected chi connectivity index (χ4v) is 2.84. The fraction of sp³-hybridized carbons (Fsp3) is 0.533. The number of likely N-dealkylation sites (N-methyl/N-ethyl adjacent to an activating group) is 1. The van der Waals surface area contributed by atoms with Gasteiger partial charge in [0.25, 0.3) is 0 Å². The van der Waals surface area contributed by atoms with Crippen molar-refractivity contribution in [2.24, 2.45) is 0 Å². The highest BCUT2D eigenvalue weighted by molar-refractivity contribution is 6.31. The van der Waals surface area contributed by atoms with Crippen molar-refractivity contribution in [3.8, 4) is 0 Å². The molecule has 1 aromatic carbocycles. The van der Waals surface area contributed by atoms with Crippen LogP contribution in [0.1, 0.15) is 12.0 Å². The molecular weight excluding hydrogens is 331 g/mol. The lowest BCUT2D eigenvalue weighted by Gasteiger charge is -2.27. The third kappa shape index (κ3) is 5.37. The van der Waals surface area contributed by atoms with Gasteiger partial charge in [0.15, 0.2) is 0 Å². The second-order valence-corrected chi connectivity index (χ2v) is 6.35. The van der Waals surface area contributed by atoms with E-state index in [0.717, 1.165) is 38.3 Å². The van der Waals surface area contributed by atoms with Gasteiger partial charge in [0.1, 0.15) is 26.2 Å². The lowest BCUT2D eigenvalue weighted by Crippen LogP contribution is -3.27. The zero-order valence-corrected chi connectivity index (χ0v) is 13.7. The summed E-state index contributed by atoms with van der Waals surface area (Å²) in [7, 11) is 2.14. The quantitative estimate of drug-likeness (QED) is 0.707. The number of carbonyl (C=O) groups is 1. The molecule has 0 spiro atoms. The average molecular weight is 352 g/mol. The molecule has 1 saturated heterocycles. The van der Waals surface area contributed by atoms with Crippen molar-refractivity contribution in [1.29, 1.82) is 0 Å². The highest BCUT2D eigenvalue weighted by Gasteiger charge is 2.33. The molecule has 0 bridgehead atoms. The molecule has 0 saturated carbocycles. The molecule has 0 atom stereocenters. The van der Waals surface area contributed by atoms with Crippen LogP contribution in [0, 0.1) is 0 Å². The van der Waals surface area contributed by atoms with E-state index in [-0.39, 0.29) is 16.6 Å². The van der Waals surface area contributed by atoms with E-state index in [1.807, 2.05) is 0 Å². The van der Waals surface area contributed by atoms with Crippen molar-refractivity contribution in [3.63, 3.8) is 0 Å². The number of nitrogens with one attached hydrogen (secondary N) is 3. The number of quaternary nitrogens is 2. The van der Waals surface area contributed by atoms with Crippen molar-refractivity contribution >= 4 is 23.2 Å². The summed E-state index contributed by atoms with van der Waals surface area (Å²) in [4.78, 5) is 14.8. The fourth-order valence-electron chi connectivity index (χ4n) is 2.61. The van der Waals surface area contributed by atoms with Crippen LogP contribution in [0.25, 0.3) is 0 Å². The number of rotatable bonds is 4. The SMILES string of the molecule is C[NH+]1CC[NH+](CCC(=O)Nc2ccc(Cl)c(C(F)(F)F)c2)CC1. The lowest BCUT2D eigenvalue weighted by atomic mass is 10.2. The minimum Gasteiger partial charge on any atom is -0.328 e. The zero-order valence-electron chi connectivity index (χ0n) is 12.9. The maximum atomic E-state index is 12.8. The first-order chi connectivity index (χ1) is 10.8. The number of carbonyl (C=O) groups excluding carboxylic acids is 1. The number of halogens is 4. The van der Waals surface area contributed by atoms with Gasteiger partial charge in [0, 0.05) is 5.69 Å². The molecule has 0 radical (unpaired) electrons. The van der Waals surface area contributed by atoms with Crippen LogP contribution in [0.3, 0.4) is 0 Å². The van der Waals surface area contributed by atoms with E-state index in [0.29, 0.717) is 13.0 Å². The maximum absolute atomic E-state index is 12.8. The second-order valence-electron chi connectivity index (χ2n) is 5.95. The summed E-state index contributed by atoms with van der Waals surface area (Å²) < 4.78 is 38.4. The second kappa shape index (κ2) is 7.51. The topological polar surface area (TPSA) is 38.0 Å². The molecule has 4 nitrogen and oxygen atoms in total. The van der Waals surface area contributed by atoms with Crippen molar-refractivity contribution in [2.75, 3.05) is 45.1 Å². The average Bonchev–Trinajstić information content (AvgIpc) is 2.47. The molecule has 1 amide bonds. The monoisotopic (exact) mass is 351 g/mol. The summed E-state index contributed by atoms with van der Waals surface area (Å²) in [5.74, 6) is -0.278. The molecule has 0 aliphatic carbocycles. The Kier molecular flexibility index (Phi) is 5.89. The number of piperazine rings is 1. The lowest BCUT2D eigenvalue weighted by molar-refractivity contribution is -1.00. The highest BCUT2D eigenvalue weighted by Crippen LogP contribution is 2.36. The van der Waals surface area contributed by atoms with Gasteiger partial charge < -0.3 is 15.1 Å². The normalized spacial score (nSPS) is 22.0. The highest BCUT2D eigenvalue weighted by atomic mass is 35.5. The Morgan fingerprint density at radius 3 is 2.52 bits per heavy atom. The van der Waals surface area contributed by atoms with Gasteiger partial charge in [0.2, 0.25) is 5.91 Å². The van der Waals surface area contributed by atoms with E-state index < -0.39 is 11.7 Å². The van der Waals surface area contributed by atoms with Crippen molar-refractivity contribution in [1.82, 2.24) is 0 Å². The molecular formula is C15H21ClF3N3O+2. The first kappa shape index (κ1) is 18.0. The largest absolute Gasteiger partial charge is 0.417 e. The van der Waals surface area contributed by atoms with Crippen LogP contribution in [0.2, 0.25) is 5.02 Å². The standard InChI is InChI=1S/C15H19ClF3N3O/c1-21-6-8-22(9-7-21)5-4-14(23)20-11-2-3-13(16)12(10-11)15(17,18)19/h2-3,10H,4-9H2,1H3,(H,20,23)/p+2. The van der Waals surface area contributed by atoms with Crippen LogP contribution >= 0.6 is 11.6 Å². The van der Waals surface area contributed by atoms with Gasteiger partial charge in [-0.2, -0.15) is 13.2 Å². The first-order valence-electron chi connectivity index (χ1n) is 7.57. The summed E-state index contributed by atoms with van der Waals surface area (Å²) in [6, 6.07) is 3.39. The molecule has 0 unspecified atom stereocenters. The Morgan fingerprint density at radius 2 is 1.91 bits per heavy atom. The van der Waals surface area contributed by atoms with Crippen LogP contribution in [-0.4, -0.2) is 45.7 Å². The van der Waals surface area contributed by atoms with E-state index in [4.69, 9.17) is 11.6 Å². The van der Waals surface area contributed by atoms with E-state index in [1.54, 1.807) is 0 Å². The first-order valence-corrected chi connectivity index (χ1v) is 7.95. The number of amides is 1. The summed E-state index contributed by atoms with van der Waals surface area (Å²) in [6.45, 7) is 4.86. The Morgan fingerprint density at radius 1 is 1.26 bits per heavy atom. The molecule has 2 rings (SSSR count). The minimum absolute atomic E-state index is 0.115. The Bertz CT molecular complexity index is 557. The summed E-state index contributed by atoms with van der Waals surface area (Å²) in [5.41, 5.74) is -0.825. The molecule has 128 valence electrons. The molecule has 1 aliphatic rings. The molecule has 1 heterocycles. The predicted octanol–water partition coefficient (Wildman–Crippen LogP) is 0.101. The van der Waals surface area contributed by atoms with Gasteiger partial charge in [-0.3, -0.25) is 4.79 Å². The number of hydrogen-bond acceptors (Lipinski definition) is 1. The van der Waals surface area contributed by atoms with Crippen molar-refractivity contribution < 1.29 is 27.8 Å². The van der Waals surface area contributed by atoms with E-state index >= 15 is 0 Å². The van der Waals surface area contributed by atoms with Gasteiger partial charge in [-0.1, -0.05) is 11.6 Å². The van der Waals surface area contributed by atoms with Crippen molar-refractivity contribution in [3.05, 3.63) is 28.8 Å². The Labute approximate surface area is 138 Å². The van der Waals surface area contributed by atoms with Crippen LogP contribution in [0.15, 0.2) is 18.2 Å². The Hall–Kier alpha value is -1.31. The zero-order chi connectivity index (χ0) is 17.0. The third-order valence-corrected chi connectivity index (χ3v) is 4.40. The van der Waals surface area contributed by atoms with E-state index in [9.17, 15) is 18.0 Å². The molecule has 1 fully saturated rings. The van der Waals surface area contributed by atoms with E-state index in [2.05, 4.69) is 12.4 Å². The molecule has 8 heteroatoms. The predicted molar refractivity (Wildman–Crippen MR) is 81.9 cm³/mol. The molecule has 1 aliphatic heterocycles. The number of alkyl halides is 3. The molecule has 0 aromatic heterocycles. The van der Waals surface area contributed by atoms with Gasteiger partial charge in [-0.25, -0.2) is 0 Å². The van der Waals surface area contributed by atoms with Gasteiger partial charge >= 0.3 is 6.18 Å². The molecule has 1 aromatic rings. The van der Waals surface area contributed by atoms with Crippen LogP contribution in [0.4, 0.5) is 18.9 Å².